The smallest absolute Gasteiger partial charge is 0.191 e. The number of rotatable bonds is 8. The zero-order valence-corrected chi connectivity index (χ0v) is 19.4. The predicted molar refractivity (Wildman–Crippen MR) is 125 cm³/mol. The summed E-state index contributed by atoms with van der Waals surface area (Å²) in [6.45, 7) is 7.58. The predicted octanol–water partition coefficient (Wildman–Crippen LogP) is 3.05. The van der Waals surface area contributed by atoms with Crippen LogP contribution >= 0.6 is 24.0 Å². The molecular formula is C21H36IN5. The van der Waals surface area contributed by atoms with Crippen LogP contribution < -0.4 is 10.6 Å². The molecule has 152 valence electrons. The Hall–Kier alpha value is -0.860. The summed E-state index contributed by atoms with van der Waals surface area (Å²) < 4.78 is 0. The topological polar surface area (TPSA) is 42.9 Å². The standard InChI is InChI=1S/C21H35N5.HI/c1-17(25(3)20-10-11-20)14-23-21(22-2)24-15-18-6-8-19(9-7-18)16-26-12-4-5-13-26;/h6-9,17,20H,4-5,10-16H2,1-3H3,(H2,22,23,24);1H. The van der Waals surface area contributed by atoms with Crippen molar-refractivity contribution in [1.82, 2.24) is 20.4 Å². The summed E-state index contributed by atoms with van der Waals surface area (Å²) in [5.41, 5.74) is 2.70. The van der Waals surface area contributed by atoms with E-state index in [4.69, 9.17) is 0 Å². The second-order valence-corrected chi connectivity index (χ2v) is 7.85. The van der Waals surface area contributed by atoms with Gasteiger partial charge in [0.25, 0.3) is 0 Å². The van der Waals surface area contributed by atoms with Crippen LogP contribution in [0.2, 0.25) is 0 Å². The molecule has 2 N–H and O–H groups in total. The zero-order valence-electron chi connectivity index (χ0n) is 17.1. The summed E-state index contributed by atoms with van der Waals surface area (Å²) in [5, 5.41) is 6.88. The number of guanidine groups is 1. The average Bonchev–Trinajstić information content (AvgIpc) is 3.39. The normalized spacial score (nSPS) is 19.0. The molecule has 3 rings (SSSR count). The first-order chi connectivity index (χ1) is 12.7. The summed E-state index contributed by atoms with van der Waals surface area (Å²) in [6.07, 6.45) is 5.40. The molecule has 1 aliphatic heterocycles. The van der Waals surface area contributed by atoms with Crippen LogP contribution in [0, 0.1) is 0 Å². The Morgan fingerprint density at radius 1 is 1.15 bits per heavy atom. The molecule has 0 amide bonds. The van der Waals surface area contributed by atoms with Gasteiger partial charge in [0.1, 0.15) is 0 Å². The van der Waals surface area contributed by atoms with E-state index in [2.05, 4.69) is 63.7 Å². The first-order valence-electron chi connectivity index (χ1n) is 10.1. The number of likely N-dealkylation sites (tertiary alicyclic amines) is 1. The Morgan fingerprint density at radius 3 is 2.37 bits per heavy atom. The summed E-state index contributed by atoms with van der Waals surface area (Å²) in [5.74, 6) is 0.877. The minimum atomic E-state index is 0. The van der Waals surface area contributed by atoms with Gasteiger partial charge in [-0.3, -0.25) is 14.8 Å². The van der Waals surface area contributed by atoms with Gasteiger partial charge >= 0.3 is 0 Å². The Morgan fingerprint density at radius 2 is 1.78 bits per heavy atom. The molecule has 5 nitrogen and oxygen atoms in total. The summed E-state index contributed by atoms with van der Waals surface area (Å²) in [7, 11) is 4.06. The largest absolute Gasteiger partial charge is 0.355 e. The van der Waals surface area contributed by atoms with Gasteiger partial charge in [0.2, 0.25) is 0 Å². The number of halogens is 1. The third kappa shape index (κ3) is 7.23. The van der Waals surface area contributed by atoms with E-state index in [1.807, 2.05) is 7.05 Å². The van der Waals surface area contributed by atoms with Crippen molar-refractivity contribution in [3.05, 3.63) is 35.4 Å². The molecule has 1 aromatic rings. The van der Waals surface area contributed by atoms with Crippen LogP contribution in [0.5, 0.6) is 0 Å². The molecule has 0 bridgehead atoms. The van der Waals surface area contributed by atoms with Crippen molar-refractivity contribution in [3.8, 4) is 0 Å². The molecule has 2 aliphatic rings. The molecule has 1 heterocycles. The van der Waals surface area contributed by atoms with E-state index in [1.54, 1.807) is 0 Å². The maximum Gasteiger partial charge on any atom is 0.191 e. The van der Waals surface area contributed by atoms with Crippen molar-refractivity contribution >= 4 is 29.9 Å². The molecule has 1 saturated carbocycles. The van der Waals surface area contributed by atoms with Crippen molar-refractivity contribution in [2.45, 2.75) is 57.8 Å². The summed E-state index contributed by atoms with van der Waals surface area (Å²) >= 11 is 0. The van der Waals surface area contributed by atoms with E-state index in [1.165, 1.54) is 49.9 Å². The van der Waals surface area contributed by atoms with Crippen LogP contribution in [0.15, 0.2) is 29.3 Å². The first kappa shape index (κ1) is 22.4. The van der Waals surface area contributed by atoms with Crippen LogP contribution in [-0.4, -0.2) is 61.6 Å². The Labute approximate surface area is 182 Å². The lowest BCUT2D eigenvalue weighted by molar-refractivity contribution is 0.247. The number of benzene rings is 1. The summed E-state index contributed by atoms with van der Waals surface area (Å²) in [6, 6.07) is 10.3. The fourth-order valence-corrected chi connectivity index (χ4v) is 3.60. The lowest BCUT2D eigenvalue weighted by Gasteiger charge is -2.25. The fraction of sp³-hybridized carbons (Fsp3) is 0.667. The highest BCUT2D eigenvalue weighted by molar-refractivity contribution is 14.0. The lowest BCUT2D eigenvalue weighted by atomic mass is 10.1. The van der Waals surface area contributed by atoms with Crippen molar-refractivity contribution in [3.63, 3.8) is 0 Å². The second-order valence-electron chi connectivity index (χ2n) is 7.85. The molecule has 1 unspecified atom stereocenters. The fourth-order valence-electron chi connectivity index (χ4n) is 3.60. The molecular weight excluding hydrogens is 449 g/mol. The second kappa shape index (κ2) is 11.2. The molecule has 0 aromatic heterocycles. The van der Waals surface area contributed by atoms with Gasteiger partial charge in [-0.2, -0.15) is 0 Å². The van der Waals surface area contributed by atoms with E-state index in [9.17, 15) is 0 Å². The monoisotopic (exact) mass is 485 g/mol. The van der Waals surface area contributed by atoms with Crippen LogP contribution in [0.3, 0.4) is 0 Å². The maximum absolute atomic E-state index is 4.35. The number of aliphatic imine (C=N–C) groups is 1. The Kier molecular flexibility index (Phi) is 9.32. The van der Waals surface area contributed by atoms with Crippen molar-refractivity contribution < 1.29 is 0 Å². The van der Waals surface area contributed by atoms with Gasteiger partial charge in [-0.25, -0.2) is 0 Å². The number of likely N-dealkylation sites (N-methyl/N-ethyl adjacent to an activating group) is 1. The van der Waals surface area contributed by atoms with Gasteiger partial charge in [0.15, 0.2) is 5.96 Å². The zero-order chi connectivity index (χ0) is 18.4. The van der Waals surface area contributed by atoms with Gasteiger partial charge in [-0.05, 0) is 63.9 Å². The quantitative estimate of drug-likeness (QED) is 0.338. The van der Waals surface area contributed by atoms with Gasteiger partial charge < -0.3 is 10.6 Å². The number of nitrogens with zero attached hydrogens (tertiary/aromatic N) is 3. The molecule has 0 spiro atoms. The highest BCUT2D eigenvalue weighted by Crippen LogP contribution is 2.26. The minimum Gasteiger partial charge on any atom is -0.355 e. The Bertz CT molecular complexity index is 579. The van der Waals surface area contributed by atoms with Crippen LogP contribution in [0.25, 0.3) is 0 Å². The van der Waals surface area contributed by atoms with Crippen LogP contribution in [0.4, 0.5) is 0 Å². The highest BCUT2D eigenvalue weighted by Gasteiger charge is 2.28. The number of hydrogen-bond acceptors (Lipinski definition) is 3. The molecule has 0 radical (unpaired) electrons. The van der Waals surface area contributed by atoms with E-state index >= 15 is 0 Å². The van der Waals surface area contributed by atoms with Crippen molar-refractivity contribution in [1.29, 1.82) is 0 Å². The first-order valence-corrected chi connectivity index (χ1v) is 10.1. The molecule has 2 fully saturated rings. The maximum atomic E-state index is 4.35. The SMILES string of the molecule is CN=C(NCc1ccc(CN2CCCC2)cc1)NCC(C)N(C)C1CC1.I. The van der Waals surface area contributed by atoms with E-state index in [0.717, 1.165) is 31.6 Å². The molecule has 1 aromatic carbocycles. The van der Waals surface area contributed by atoms with Gasteiger partial charge in [0, 0.05) is 38.8 Å². The van der Waals surface area contributed by atoms with Gasteiger partial charge in [-0.1, -0.05) is 24.3 Å². The van der Waals surface area contributed by atoms with Gasteiger partial charge in [0.05, 0.1) is 0 Å². The van der Waals surface area contributed by atoms with Crippen LogP contribution in [0.1, 0.15) is 43.7 Å². The summed E-state index contributed by atoms with van der Waals surface area (Å²) in [4.78, 5) is 9.36. The molecule has 1 atom stereocenters. The third-order valence-electron chi connectivity index (χ3n) is 5.69. The van der Waals surface area contributed by atoms with E-state index in [-0.39, 0.29) is 24.0 Å². The van der Waals surface area contributed by atoms with Crippen molar-refractivity contribution in [2.24, 2.45) is 4.99 Å². The lowest BCUT2D eigenvalue weighted by Crippen LogP contribution is -2.45. The van der Waals surface area contributed by atoms with Crippen LogP contribution in [-0.2, 0) is 13.1 Å². The van der Waals surface area contributed by atoms with Crippen molar-refractivity contribution in [2.75, 3.05) is 33.7 Å². The Balaban J connectivity index is 0.00000261. The van der Waals surface area contributed by atoms with Gasteiger partial charge in [-0.15, -0.1) is 24.0 Å². The minimum absolute atomic E-state index is 0. The molecule has 1 aliphatic carbocycles. The highest BCUT2D eigenvalue weighted by atomic mass is 127. The number of hydrogen-bond donors (Lipinski definition) is 2. The van der Waals surface area contributed by atoms with E-state index in [0.29, 0.717) is 6.04 Å². The molecule has 6 heteroatoms. The third-order valence-corrected chi connectivity index (χ3v) is 5.69. The average molecular weight is 485 g/mol. The molecule has 27 heavy (non-hydrogen) atoms. The number of nitrogens with one attached hydrogen (secondary N) is 2. The molecule has 1 saturated heterocycles. The van der Waals surface area contributed by atoms with E-state index < -0.39 is 0 Å².